The Hall–Kier alpha value is -2.89. The second-order valence-electron chi connectivity index (χ2n) is 6.39. The molecule has 0 radical (unpaired) electrons. The van der Waals surface area contributed by atoms with Gasteiger partial charge in [0.1, 0.15) is 11.9 Å². The maximum Gasteiger partial charge on any atom is 0.251 e. The second-order valence-corrected chi connectivity index (χ2v) is 6.39. The van der Waals surface area contributed by atoms with E-state index in [9.17, 15) is 14.0 Å². The van der Waals surface area contributed by atoms with Gasteiger partial charge in [-0.3, -0.25) is 9.59 Å². The molecule has 0 spiro atoms. The molecule has 2 heterocycles. The van der Waals surface area contributed by atoms with Gasteiger partial charge in [0.25, 0.3) is 5.91 Å². The van der Waals surface area contributed by atoms with E-state index < -0.39 is 0 Å². The van der Waals surface area contributed by atoms with Gasteiger partial charge in [0, 0.05) is 18.7 Å². The van der Waals surface area contributed by atoms with Gasteiger partial charge in [-0.15, -0.1) is 0 Å². The first-order chi connectivity index (χ1) is 12.1. The summed E-state index contributed by atoms with van der Waals surface area (Å²) in [7, 11) is 0. The standard InChI is InChI=1S/C19H18FN3O2/c20-14-4-1-3-12(9-14)11-21-18(24)13-6-7-16-15(10-13)22-19(25)17-5-2-8-23(16)17/h1,3-4,6-7,9-10,17H,2,5,8,11H2,(H,21,24)(H,22,25). The molecular weight excluding hydrogens is 321 g/mol. The Kier molecular flexibility index (Phi) is 3.87. The molecule has 1 atom stereocenters. The molecule has 4 rings (SSSR count). The second kappa shape index (κ2) is 6.20. The molecule has 2 aliphatic rings. The molecule has 25 heavy (non-hydrogen) atoms. The van der Waals surface area contributed by atoms with Crippen LogP contribution in [-0.4, -0.2) is 24.4 Å². The first-order valence-electron chi connectivity index (χ1n) is 8.36. The van der Waals surface area contributed by atoms with Crippen molar-refractivity contribution in [3.63, 3.8) is 0 Å². The maximum atomic E-state index is 13.2. The number of anilines is 2. The smallest absolute Gasteiger partial charge is 0.251 e. The Morgan fingerprint density at radius 3 is 3.00 bits per heavy atom. The molecule has 2 aliphatic heterocycles. The molecule has 5 nitrogen and oxygen atoms in total. The van der Waals surface area contributed by atoms with Gasteiger partial charge in [-0.1, -0.05) is 12.1 Å². The molecule has 1 saturated heterocycles. The van der Waals surface area contributed by atoms with Crippen molar-refractivity contribution in [3.8, 4) is 0 Å². The zero-order valence-corrected chi connectivity index (χ0v) is 13.6. The van der Waals surface area contributed by atoms with Crippen LogP contribution in [0, 0.1) is 5.82 Å². The van der Waals surface area contributed by atoms with Gasteiger partial charge in [-0.05, 0) is 48.7 Å². The van der Waals surface area contributed by atoms with Crippen LogP contribution in [0.5, 0.6) is 0 Å². The number of carbonyl (C=O) groups is 2. The SMILES string of the molecule is O=C(NCc1cccc(F)c1)c1ccc2c(c1)NC(=O)C1CCCN21. The summed E-state index contributed by atoms with van der Waals surface area (Å²) in [5.74, 6) is -0.601. The fraction of sp³-hybridized carbons (Fsp3) is 0.263. The summed E-state index contributed by atoms with van der Waals surface area (Å²) in [5.41, 5.74) is 2.79. The van der Waals surface area contributed by atoms with E-state index in [0.29, 0.717) is 16.8 Å². The Morgan fingerprint density at radius 1 is 1.28 bits per heavy atom. The van der Waals surface area contributed by atoms with Crippen molar-refractivity contribution in [1.29, 1.82) is 0 Å². The van der Waals surface area contributed by atoms with Crippen LogP contribution in [0.4, 0.5) is 15.8 Å². The van der Waals surface area contributed by atoms with E-state index in [1.54, 1.807) is 24.3 Å². The van der Waals surface area contributed by atoms with Crippen molar-refractivity contribution in [3.05, 3.63) is 59.4 Å². The molecule has 0 bridgehead atoms. The maximum absolute atomic E-state index is 13.2. The zero-order chi connectivity index (χ0) is 17.4. The Balaban J connectivity index is 1.51. The molecule has 1 fully saturated rings. The lowest BCUT2D eigenvalue weighted by Crippen LogP contribution is -2.44. The van der Waals surface area contributed by atoms with Crippen LogP contribution in [-0.2, 0) is 11.3 Å². The topological polar surface area (TPSA) is 61.4 Å². The molecule has 0 aromatic heterocycles. The number of fused-ring (bicyclic) bond motifs is 3. The Morgan fingerprint density at radius 2 is 2.16 bits per heavy atom. The number of halogens is 1. The predicted octanol–water partition coefficient (Wildman–Crippen LogP) is 2.68. The van der Waals surface area contributed by atoms with E-state index in [1.165, 1.54) is 12.1 Å². The van der Waals surface area contributed by atoms with E-state index in [4.69, 9.17) is 0 Å². The van der Waals surface area contributed by atoms with Gasteiger partial charge in [0.15, 0.2) is 0 Å². The van der Waals surface area contributed by atoms with Crippen molar-refractivity contribution in [2.75, 3.05) is 16.8 Å². The molecular formula is C19H18FN3O2. The van der Waals surface area contributed by atoms with E-state index in [-0.39, 0.29) is 30.2 Å². The highest BCUT2D eigenvalue weighted by Gasteiger charge is 2.36. The minimum atomic E-state index is -0.330. The molecule has 2 N–H and O–H groups in total. The average Bonchev–Trinajstić information content (AvgIpc) is 3.10. The lowest BCUT2D eigenvalue weighted by atomic mass is 10.1. The van der Waals surface area contributed by atoms with E-state index >= 15 is 0 Å². The molecule has 1 unspecified atom stereocenters. The van der Waals surface area contributed by atoms with Crippen LogP contribution in [0.2, 0.25) is 0 Å². The van der Waals surface area contributed by atoms with Gasteiger partial charge in [-0.25, -0.2) is 4.39 Å². The quantitative estimate of drug-likeness (QED) is 0.904. The van der Waals surface area contributed by atoms with Crippen molar-refractivity contribution in [1.82, 2.24) is 5.32 Å². The molecule has 2 aromatic rings. The minimum absolute atomic E-state index is 0.0117. The molecule has 2 amide bonds. The number of amides is 2. The van der Waals surface area contributed by atoms with Crippen molar-refractivity contribution >= 4 is 23.2 Å². The van der Waals surface area contributed by atoms with Crippen molar-refractivity contribution in [2.45, 2.75) is 25.4 Å². The fourth-order valence-electron chi connectivity index (χ4n) is 3.50. The summed E-state index contributed by atoms with van der Waals surface area (Å²) in [6.07, 6.45) is 1.86. The van der Waals surface area contributed by atoms with Crippen LogP contribution < -0.4 is 15.5 Å². The molecule has 0 aliphatic carbocycles. The normalized spacial score (nSPS) is 18.4. The molecule has 6 heteroatoms. The van der Waals surface area contributed by atoms with Gasteiger partial charge in [0.2, 0.25) is 5.91 Å². The first kappa shape index (κ1) is 15.6. The zero-order valence-electron chi connectivity index (χ0n) is 13.6. The summed E-state index contributed by atoms with van der Waals surface area (Å²) >= 11 is 0. The van der Waals surface area contributed by atoms with Crippen molar-refractivity contribution in [2.24, 2.45) is 0 Å². The third kappa shape index (κ3) is 2.95. The minimum Gasteiger partial charge on any atom is -0.358 e. The van der Waals surface area contributed by atoms with Gasteiger partial charge in [0.05, 0.1) is 11.4 Å². The lowest BCUT2D eigenvalue weighted by Gasteiger charge is -2.33. The highest BCUT2D eigenvalue weighted by molar-refractivity contribution is 6.06. The summed E-state index contributed by atoms with van der Waals surface area (Å²) in [6.45, 7) is 1.10. The molecule has 0 saturated carbocycles. The van der Waals surface area contributed by atoms with E-state index in [0.717, 1.165) is 25.1 Å². The van der Waals surface area contributed by atoms with Gasteiger partial charge >= 0.3 is 0 Å². The van der Waals surface area contributed by atoms with Crippen molar-refractivity contribution < 1.29 is 14.0 Å². The number of rotatable bonds is 3. The average molecular weight is 339 g/mol. The van der Waals surface area contributed by atoms with Crippen LogP contribution in [0.15, 0.2) is 42.5 Å². The third-order valence-corrected chi connectivity index (χ3v) is 4.72. The number of nitrogens with zero attached hydrogens (tertiary/aromatic N) is 1. The van der Waals surface area contributed by atoms with Crippen LogP contribution in [0.1, 0.15) is 28.8 Å². The highest BCUT2D eigenvalue weighted by Crippen LogP contribution is 2.37. The van der Waals surface area contributed by atoms with E-state index in [1.807, 2.05) is 6.07 Å². The lowest BCUT2D eigenvalue weighted by molar-refractivity contribution is -0.117. The first-order valence-corrected chi connectivity index (χ1v) is 8.36. The number of hydrogen-bond donors (Lipinski definition) is 2. The van der Waals surface area contributed by atoms with Gasteiger partial charge in [-0.2, -0.15) is 0 Å². The van der Waals surface area contributed by atoms with Crippen LogP contribution in [0.3, 0.4) is 0 Å². The molecule has 2 aromatic carbocycles. The molecule has 128 valence electrons. The summed E-state index contributed by atoms with van der Waals surface area (Å²) in [4.78, 5) is 26.6. The van der Waals surface area contributed by atoms with Crippen LogP contribution in [0.25, 0.3) is 0 Å². The number of carbonyl (C=O) groups excluding carboxylic acids is 2. The predicted molar refractivity (Wildman–Crippen MR) is 93.0 cm³/mol. The monoisotopic (exact) mass is 339 g/mol. The van der Waals surface area contributed by atoms with Crippen LogP contribution >= 0.6 is 0 Å². The largest absolute Gasteiger partial charge is 0.358 e. The Bertz CT molecular complexity index is 852. The summed E-state index contributed by atoms with van der Waals surface area (Å²) in [5, 5.41) is 5.67. The number of benzene rings is 2. The van der Waals surface area contributed by atoms with Gasteiger partial charge < -0.3 is 15.5 Å². The number of nitrogens with one attached hydrogen (secondary N) is 2. The van der Waals surface area contributed by atoms with E-state index in [2.05, 4.69) is 15.5 Å². The number of hydrogen-bond acceptors (Lipinski definition) is 3. The fourth-order valence-corrected chi connectivity index (χ4v) is 3.50. The highest BCUT2D eigenvalue weighted by atomic mass is 19.1. The Labute approximate surface area is 144 Å². The third-order valence-electron chi connectivity index (χ3n) is 4.72. The summed E-state index contributed by atoms with van der Waals surface area (Å²) < 4.78 is 13.2. The summed E-state index contributed by atoms with van der Waals surface area (Å²) in [6, 6.07) is 11.4.